The lowest BCUT2D eigenvalue weighted by molar-refractivity contribution is -0.304. The number of methoxy groups -OCH3 is 2. The Kier molecular flexibility index (Phi) is 4.91. The molecule has 2 heterocycles. The van der Waals surface area contributed by atoms with Crippen molar-refractivity contribution >= 4 is 0 Å². The third-order valence-corrected chi connectivity index (χ3v) is 3.08. The summed E-state index contributed by atoms with van der Waals surface area (Å²) in [5.74, 6) is 0. The Morgan fingerprint density at radius 2 is 1.89 bits per heavy atom. The van der Waals surface area contributed by atoms with Gasteiger partial charge in [0.25, 0.3) is 0 Å². The van der Waals surface area contributed by atoms with E-state index < -0.39 is 30.7 Å². The molecule has 7 heteroatoms. The molecule has 0 aromatic heterocycles. The van der Waals surface area contributed by atoms with Gasteiger partial charge in [-0.25, -0.2) is 0 Å². The van der Waals surface area contributed by atoms with Crippen molar-refractivity contribution in [3.05, 3.63) is 0 Å². The Balaban J connectivity index is 1.94. The Hall–Kier alpha value is -0.280. The molecule has 2 rings (SSSR count). The first-order valence-electron chi connectivity index (χ1n) is 5.94. The van der Waals surface area contributed by atoms with E-state index in [0.29, 0.717) is 13.2 Å². The average Bonchev–Trinajstić information content (AvgIpc) is 3.18. The van der Waals surface area contributed by atoms with E-state index in [9.17, 15) is 10.2 Å². The standard InChI is InChI=1S/C11H20O7/c1-14-5-7-8(12)9(13)10(11(15-2)18-7)17-4-6-3-16-6/h6-13H,3-5H2,1-2H3. The lowest BCUT2D eigenvalue weighted by Crippen LogP contribution is -2.60. The van der Waals surface area contributed by atoms with Crippen LogP contribution in [0.2, 0.25) is 0 Å². The molecule has 0 amide bonds. The fourth-order valence-corrected chi connectivity index (χ4v) is 1.96. The average molecular weight is 264 g/mol. The highest BCUT2D eigenvalue weighted by molar-refractivity contribution is 4.90. The molecule has 2 aliphatic heterocycles. The number of ether oxygens (including phenoxy) is 5. The molecule has 0 aromatic rings. The topological polar surface area (TPSA) is 89.9 Å². The summed E-state index contributed by atoms with van der Waals surface area (Å²) in [7, 11) is 2.96. The van der Waals surface area contributed by atoms with Gasteiger partial charge in [0.05, 0.1) is 19.8 Å². The van der Waals surface area contributed by atoms with E-state index in [1.54, 1.807) is 0 Å². The number of aliphatic hydroxyl groups is 2. The zero-order valence-corrected chi connectivity index (χ0v) is 10.5. The molecule has 6 atom stereocenters. The highest BCUT2D eigenvalue weighted by Gasteiger charge is 2.46. The highest BCUT2D eigenvalue weighted by atomic mass is 16.7. The minimum Gasteiger partial charge on any atom is -0.387 e. The second kappa shape index (κ2) is 6.25. The molecule has 7 nitrogen and oxygen atoms in total. The normalized spacial score (nSPS) is 44.0. The molecule has 6 unspecified atom stereocenters. The molecule has 2 N–H and O–H groups in total. The maximum Gasteiger partial charge on any atom is 0.186 e. The Bertz CT molecular complexity index is 256. The van der Waals surface area contributed by atoms with Crippen LogP contribution in [0.1, 0.15) is 0 Å². The molecule has 0 bridgehead atoms. The molecule has 18 heavy (non-hydrogen) atoms. The van der Waals surface area contributed by atoms with Crippen LogP contribution in [0.25, 0.3) is 0 Å². The van der Waals surface area contributed by atoms with Crippen LogP contribution >= 0.6 is 0 Å². The Morgan fingerprint density at radius 1 is 1.17 bits per heavy atom. The van der Waals surface area contributed by atoms with Crippen molar-refractivity contribution in [3.8, 4) is 0 Å². The van der Waals surface area contributed by atoms with E-state index in [0.717, 1.165) is 0 Å². The summed E-state index contributed by atoms with van der Waals surface area (Å²) in [5, 5.41) is 19.9. The summed E-state index contributed by atoms with van der Waals surface area (Å²) in [5.41, 5.74) is 0. The highest BCUT2D eigenvalue weighted by Crippen LogP contribution is 2.25. The van der Waals surface area contributed by atoms with Gasteiger partial charge in [0.2, 0.25) is 0 Å². The summed E-state index contributed by atoms with van der Waals surface area (Å²) >= 11 is 0. The van der Waals surface area contributed by atoms with Crippen molar-refractivity contribution in [2.75, 3.05) is 34.0 Å². The molecule has 0 aromatic carbocycles. The fourth-order valence-electron chi connectivity index (χ4n) is 1.96. The maximum absolute atomic E-state index is 10.0. The van der Waals surface area contributed by atoms with E-state index in [-0.39, 0.29) is 12.7 Å². The van der Waals surface area contributed by atoms with E-state index in [2.05, 4.69) is 0 Å². The van der Waals surface area contributed by atoms with Crippen molar-refractivity contribution in [2.24, 2.45) is 0 Å². The van der Waals surface area contributed by atoms with Gasteiger partial charge < -0.3 is 33.9 Å². The summed E-state index contributed by atoms with van der Waals surface area (Å²) < 4.78 is 26.1. The minimum absolute atomic E-state index is 0.0727. The number of aliphatic hydroxyl groups excluding tert-OH is 2. The van der Waals surface area contributed by atoms with E-state index in [4.69, 9.17) is 23.7 Å². The molecular weight excluding hydrogens is 244 g/mol. The number of epoxide rings is 1. The van der Waals surface area contributed by atoms with Gasteiger partial charge in [-0.05, 0) is 0 Å². The van der Waals surface area contributed by atoms with Crippen molar-refractivity contribution < 1.29 is 33.9 Å². The quantitative estimate of drug-likeness (QED) is 0.565. The van der Waals surface area contributed by atoms with Gasteiger partial charge in [-0.15, -0.1) is 0 Å². The second-order valence-electron chi connectivity index (χ2n) is 4.47. The monoisotopic (exact) mass is 264 g/mol. The largest absolute Gasteiger partial charge is 0.387 e. The Labute approximate surface area is 106 Å². The number of rotatable bonds is 6. The van der Waals surface area contributed by atoms with Crippen molar-refractivity contribution in [3.63, 3.8) is 0 Å². The van der Waals surface area contributed by atoms with Crippen LogP contribution in [0.4, 0.5) is 0 Å². The van der Waals surface area contributed by atoms with Crippen LogP contribution < -0.4 is 0 Å². The lowest BCUT2D eigenvalue weighted by atomic mass is 9.99. The zero-order chi connectivity index (χ0) is 13.1. The van der Waals surface area contributed by atoms with Crippen molar-refractivity contribution in [1.29, 1.82) is 0 Å². The van der Waals surface area contributed by atoms with Crippen LogP contribution in [-0.4, -0.2) is 81.1 Å². The summed E-state index contributed by atoms with van der Waals surface area (Å²) in [4.78, 5) is 0. The molecule has 2 saturated heterocycles. The van der Waals surface area contributed by atoms with Gasteiger partial charge in [-0.2, -0.15) is 0 Å². The van der Waals surface area contributed by atoms with Crippen LogP contribution in [0.3, 0.4) is 0 Å². The van der Waals surface area contributed by atoms with Crippen LogP contribution in [-0.2, 0) is 23.7 Å². The molecular formula is C11H20O7. The third-order valence-electron chi connectivity index (χ3n) is 3.08. The second-order valence-corrected chi connectivity index (χ2v) is 4.47. The molecule has 2 fully saturated rings. The number of hydrogen-bond donors (Lipinski definition) is 2. The van der Waals surface area contributed by atoms with Gasteiger partial charge in [0.15, 0.2) is 6.29 Å². The van der Waals surface area contributed by atoms with Gasteiger partial charge in [-0.3, -0.25) is 0 Å². The molecule has 0 radical (unpaired) electrons. The molecule has 0 spiro atoms. The van der Waals surface area contributed by atoms with Gasteiger partial charge in [0, 0.05) is 14.2 Å². The van der Waals surface area contributed by atoms with E-state index >= 15 is 0 Å². The zero-order valence-electron chi connectivity index (χ0n) is 10.5. The first kappa shape index (κ1) is 14.1. The predicted molar refractivity (Wildman–Crippen MR) is 59.0 cm³/mol. The summed E-state index contributed by atoms with van der Waals surface area (Å²) in [6.45, 7) is 1.19. The van der Waals surface area contributed by atoms with Crippen LogP contribution in [0.5, 0.6) is 0 Å². The summed E-state index contributed by atoms with van der Waals surface area (Å²) in [6, 6.07) is 0. The van der Waals surface area contributed by atoms with Crippen LogP contribution in [0, 0.1) is 0 Å². The minimum atomic E-state index is -1.08. The Morgan fingerprint density at radius 3 is 2.44 bits per heavy atom. The molecule has 106 valence electrons. The number of hydrogen-bond acceptors (Lipinski definition) is 7. The fraction of sp³-hybridized carbons (Fsp3) is 1.00. The predicted octanol–water partition coefficient (Wildman–Crippen LogP) is -1.49. The van der Waals surface area contributed by atoms with Gasteiger partial charge in [-0.1, -0.05) is 0 Å². The van der Waals surface area contributed by atoms with Crippen molar-refractivity contribution in [1.82, 2.24) is 0 Å². The SMILES string of the molecule is COCC1OC(OC)C(OCC2CO2)C(O)C1O. The van der Waals surface area contributed by atoms with Gasteiger partial charge >= 0.3 is 0 Å². The summed E-state index contributed by atoms with van der Waals surface area (Å²) in [6.07, 6.45) is -4.18. The first-order valence-corrected chi connectivity index (χ1v) is 5.94. The van der Waals surface area contributed by atoms with Crippen LogP contribution in [0.15, 0.2) is 0 Å². The maximum atomic E-state index is 10.0. The molecule has 0 aliphatic carbocycles. The molecule has 0 saturated carbocycles. The van der Waals surface area contributed by atoms with Crippen molar-refractivity contribution in [2.45, 2.75) is 36.8 Å². The first-order chi connectivity index (χ1) is 8.67. The third kappa shape index (κ3) is 3.18. The lowest BCUT2D eigenvalue weighted by Gasteiger charge is -2.41. The van der Waals surface area contributed by atoms with Gasteiger partial charge in [0.1, 0.15) is 30.5 Å². The smallest absolute Gasteiger partial charge is 0.186 e. The van der Waals surface area contributed by atoms with E-state index in [1.807, 2.05) is 0 Å². The molecule has 2 aliphatic rings. The van der Waals surface area contributed by atoms with E-state index in [1.165, 1.54) is 14.2 Å².